The Kier molecular flexibility index (Phi) is 5.51. The molecule has 4 nitrogen and oxygen atoms in total. The minimum Gasteiger partial charge on any atom is -0.299 e. The van der Waals surface area contributed by atoms with Crippen LogP contribution in [-0.4, -0.2) is 26.7 Å². The number of carbonyl (C=O) groups excluding carboxylic acids is 1. The lowest BCUT2D eigenvalue weighted by Crippen LogP contribution is -2.20. The summed E-state index contributed by atoms with van der Waals surface area (Å²) < 4.78 is 0.867. The minimum atomic E-state index is -0.561. The molecule has 0 aliphatic carbocycles. The summed E-state index contributed by atoms with van der Waals surface area (Å²) in [6.07, 6.45) is 1.07. The van der Waals surface area contributed by atoms with E-state index in [0.29, 0.717) is 10.4 Å². The van der Waals surface area contributed by atoms with Gasteiger partial charge in [-0.1, -0.05) is 36.9 Å². The summed E-state index contributed by atoms with van der Waals surface area (Å²) in [7, 11) is 0. The van der Waals surface area contributed by atoms with E-state index in [4.69, 9.17) is 11.6 Å². The van der Waals surface area contributed by atoms with Gasteiger partial charge in [-0.3, -0.25) is 10.1 Å². The van der Waals surface area contributed by atoms with E-state index in [0.717, 1.165) is 10.8 Å². The number of amides is 1. The van der Waals surface area contributed by atoms with Gasteiger partial charge in [-0.15, -0.1) is 21.8 Å². The Morgan fingerprint density at radius 2 is 2.25 bits per heavy atom. The van der Waals surface area contributed by atoms with Crippen LogP contribution in [0.3, 0.4) is 0 Å². The average Bonchev–Trinajstić information content (AvgIpc) is 2.65. The highest BCUT2D eigenvalue weighted by atomic mass is 35.5. The fourth-order valence-electron chi connectivity index (χ4n) is 0.768. The van der Waals surface area contributed by atoms with Crippen LogP contribution in [0.25, 0.3) is 0 Å². The first-order chi connectivity index (χ1) is 7.52. The zero-order valence-electron chi connectivity index (χ0n) is 9.36. The van der Waals surface area contributed by atoms with E-state index >= 15 is 0 Å². The molecule has 7 heteroatoms. The molecule has 0 aromatic carbocycles. The van der Waals surface area contributed by atoms with Crippen LogP contribution in [0.1, 0.15) is 27.2 Å². The molecule has 1 aromatic rings. The van der Waals surface area contributed by atoms with Gasteiger partial charge in [0.2, 0.25) is 11.0 Å². The smallest absolute Gasteiger partial charge is 0.243 e. The van der Waals surface area contributed by atoms with Crippen LogP contribution < -0.4 is 5.32 Å². The van der Waals surface area contributed by atoms with Crippen LogP contribution in [0.15, 0.2) is 4.34 Å². The first kappa shape index (κ1) is 13.7. The Labute approximate surface area is 108 Å². The molecule has 0 bridgehead atoms. The standard InChI is InChI=1S/C9H14ClN3OS2/c1-4-5(2)15-9-13-12-8(16-9)11-7(14)6(3)10/h5-6H,4H2,1-3H3,(H,11,12,14)/t5-,6-/m1/s1. The van der Waals surface area contributed by atoms with Gasteiger partial charge < -0.3 is 0 Å². The zero-order valence-corrected chi connectivity index (χ0v) is 11.7. The average molecular weight is 280 g/mol. The Bertz CT molecular complexity index is 356. The largest absolute Gasteiger partial charge is 0.299 e. The highest BCUT2D eigenvalue weighted by molar-refractivity contribution is 8.01. The number of hydrogen-bond acceptors (Lipinski definition) is 5. The highest BCUT2D eigenvalue weighted by Crippen LogP contribution is 2.29. The lowest BCUT2D eigenvalue weighted by Gasteiger charge is -2.02. The molecular formula is C9H14ClN3OS2. The molecule has 0 saturated heterocycles. The predicted octanol–water partition coefficient (Wildman–Crippen LogP) is 2.99. The Morgan fingerprint density at radius 3 is 2.81 bits per heavy atom. The van der Waals surface area contributed by atoms with Crippen LogP contribution in [0.4, 0.5) is 5.13 Å². The van der Waals surface area contributed by atoms with Crippen molar-refractivity contribution < 1.29 is 4.79 Å². The maximum Gasteiger partial charge on any atom is 0.243 e. The van der Waals surface area contributed by atoms with E-state index in [1.54, 1.807) is 18.7 Å². The number of alkyl halides is 1. The predicted molar refractivity (Wildman–Crippen MR) is 69.5 cm³/mol. The number of carbonyl (C=O) groups is 1. The van der Waals surface area contributed by atoms with Crippen molar-refractivity contribution in [2.45, 2.75) is 42.2 Å². The molecule has 16 heavy (non-hydrogen) atoms. The van der Waals surface area contributed by atoms with Gasteiger partial charge in [-0.05, 0) is 13.3 Å². The number of nitrogens with zero attached hydrogens (tertiary/aromatic N) is 2. The topological polar surface area (TPSA) is 54.9 Å². The van der Waals surface area contributed by atoms with Crippen molar-refractivity contribution in [2.75, 3.05) is 5.32 Å². The molecule has 0 unspecified atom stereocenters. The summed E-state index contributed by atoms with van der Waals surface area (Å²) >= 11 is 8.66. The van der Waals surface area contributed by atoms with Crippen LogP contribution >= 0.6 is 34.7 Å². The number of anilines is 1. The van der Waals surface area contributed by atoms with Crippen LogP contribution in [0.5, 0.6) is 0 Å². The summed E-state index contributed by atoms with van der Waals surface area (Å²) in [5.41, 5.74) is 0. The highest BCUT2D eigenvalue weighted by Gasteiger charge is 2.13. The molecule has 1 amide bonds. The van der Waals surface area contributed by atoms with Crippen LogP contribution in [0.2, 0.25) is 0 Å². The molecule has 1 aromatic heterocycles. The third-order valence-electron chi connectivity index (χ3n) is 1.87. The van der Waals surface area contributed by atoms with Gasteiger partial charge in [0.1, 0.15) is 5.38 Å². The second kappa shape index (κ2) is 6.42. The fourth-order valence-corrected chi connectivity index (χ4v) is 2.82. The lowest BCUT2D eigenvalue weighted by atomic mass is 10.4. The second-order valence-corrected chi connectivity index (χ2v) is 6.63. The normalized spacial score (nSPS) is 14.5. The van der Waals surface area contributed by atoms with E-state index in [1.165, 1.54) is 11.3 Å². The summed E-state index contributed by atoms with van der Waals surface area (Å²) in [5, 5.41) is 10.9. The molecule has 2 atom stereocenters. The number of nitrogens with one attached hydrogen (secondary N) is 1. The number of rotatable bonds is 5. The van der Waals surface area contributed by atoms with Gasteiger partial charge in [-0.25, -0.2) is 0 Å². The van der Waals surface area contributed by atoms with Gasteiger partial charge in [0.25, 0.3) is 0 Å². The molecule has 0 aliphatic rings. The first-order valence-electron chi connectivity index (χ1n) is 4.98. The SMILES string of the molecule is CC[C@@H](C)Sc1nnc(NC(=O)[C@@H](C)Cl)s1. The first-order valence-corrected chi connectivity index (χ1v) is 7.11. The maximum atomic E-state index is 11.3. The van der Waals surface area contributed by atoms with Crippen molar-refractivity contribution in [3.63, 3.8) is 0 Å². The van der Waals surface area contributed by atoms with Crippen molar-refractivity contribution in [3.05, 3.63) is 0 Å². The van der Waals surface area contributed by atoms with Gasteiger partial charge in [0.15, 0.2) is 4.34 Å². The Balaban J connectivity index is 2.54. The molecule has 1 rings (SSSR count). The summed E-state index contributed by atoms with van der Waals surface area (Å²) in [6, 6.07) is 0. The third kappa shape index (κ3) is 4.27. The van der Waals surface area contributed by atoms with E-state index in [-0.39, 0.29) is 5.91 Å². The van der Waals surface area contributed by atoms with Crippen molar-refractivity contribution in [3.8, 4) is 0 Å². The van der Waals surface area contributed by atoms with Crippen molar-refractivity contribution in [2.24, 2.45) is 0 Å². The number of hydrogen-bond donors (Lipinski definition) is 1. The second-order valence-electron chi connectivity index (χ2n) is 3.32. The number of thioether (sulfide) groups is 1. The molecular weight excluding hydrogens is 266 g/mol. The monoisotopic (exact) mass is 279 g/mol. The zero-order chi connectivity index (χ0) is 12.1. The fraction of sp³-hybridized carbons (Fsp3) is 0.667. The van der Waals surface area contributed by atoms with E-state index < -0.39 is 5.38 Å². The van der Waals surface area contributed by atoms with E-state index in [2.05, 4.69) is 29.4 Å². The summed E-state index contributed by atoms with van der Waals surface area (Å²) in [6.45, 7) is 5.87. The van der Waals surface area contributed by atoms with Crippen molar-refractivity contribution in [1.29, 1.82) is 0 Å². The molecule has 0 saturated carbocycles. The Morgan fingerprint density at radius 1 is 1.56 bits per heavy atom. The quantitative estimate of drug-likeness (QED) is 0.511. The maximum absolute atomic E-state index is 11.3. The van der Waals surface area contributed by atoms with Gasteiger partial charge in [0.05, 0.1) is 0 Å². The lowest BCUT2D eigenvalue weighted by molar-refractivity contribution is -0.115. The molecule has 1 N–H and O–H groups in total. The Hall–Kier alpha value is -0.330. The molecule has 0 spiro atoms. The number of aromatic nitrogens is 2. The minimum absolute atomic E-state index is 0.252. The van der Waals surface area contributed by atoms with Gasteiger partial charge in [-0.2, -0.15) is 0 Å². The van der Waals surface area contributed by atoms with Gasteiger partial charge in [0, 0.05) is 5.25 Å². The van der Waals surface area contributed by atoms with Crippen LogP contribution in [-0.2, 0) is 4.79 Å². The number of halogens is 1. The molecule has 0 radical (unpaired) electrons. The van der Waals surface area contributed by atoms with Gasteiger partial charge >= 0.3 is 0 Å². The summed E-state index contributed by atoms with van der Waals surface area (Å²) in [4.78, 5) is 11.3. The van der Waals surface area contributed by atoms with Crippen LogP contribution in [0, 0.1) is 0 Å². The van der Waals surface area contributed by atoms with Crippen molar-refractivity contribution >= 4 is 45.7 Å². The van der Waals surface area contributed by atoms with E-state index in [9.17, 15) is 4.79 Å². The molecule has 0 fully saturated rings. The summed E-state index contributed by atoms with van der Waals surface area (Å²) in [5.74, 6) is -0.252. The molecule has 0 aliphatic heterocycles. The third-order valence-corrected chi connectivity index (χ3v) is 4.26. The molecule has 90 valence electrons. The molecule has 1 heterocycles. The van der Waals surface area contributed by atoms with Crippen molar-refractivity contribution in [1.82, 2.24) is 10.2 Å². The van der Waals surface area contributed by atoms with E-state index in [1.807, 2.05) is 0 Å².